The summed E-state index contributed by atoms with van der Waals surface area (Å²) in [4.78, 5) is 0. The van der Waals surface area contributed by atoms with Gasteiger partial charge >= 0.3 is 0 Å². The molecule has 15 heavy (non-hydrogen) atoms. The summed E-state index contributed by atoms with van der Waals surface area (Å²) in [5, 5.41) is 7.68. The van der Waals surface area contributed by atoms with Gasteiger partial charge < -0.3 is 10.1 Å². The third-order valence-electron chi connectivity index (χ3n) is 2.81. The van der Waals surface area contributed by atoms with Gasteiger partial charge in [-0.3, -0.25) is 4.68 Å². The first kappa shape index (κ1) is 10.5. The fourth-order valence-corrected chi connectivity index (χ4v) is 1.97. The van der Waals surface area contributed by atoms with Crippen LogP contribution in [0.3, 0.4) is 0 Å². The van der Waals surface area contributed by atoms with Crippen molar-refractivity contribution in [3.05, 3.63) is 11.9 Å². The number of nitrogens with one attached hydrogen (secondary N) is 1. The summed E-state index contributed by atoms with van der Waals surface area (Å²) in [6, 6.07) is 0. The number of hydrogen-bond donors (Lipinski definition) is 1. The molecule has 0 saturated carbocycles. The summed E-state index contributed by atoms with van der Waals surface area (Å²) in [5.74, 6) is 0. The lowest BCUT2D eigenvalue weighted by Crippen LogP contribution is -2.27. The number of aryl methyl sites for hydroxylation is 2. The SMILES string of the molecule is Cc1nn(C)cc1NCC1CCCCO1. The summed E-state index contributed by atoms with van der Waals surface area (Å²) in [7, 11) is 1.94. The van der Waals surface area contributed by atoms with Crippen LogP contribution in [0.2, 0.25) is 0 Å². The van der Waals surface area contributed by atoms with Crippen LogP contribution < -0.4 is 5.32 Å². The van der Waals surface area contributed by atoms with Crippen LogP contribution in [0.25, 0.3) is 0 Å². The molecule has 1 aliphatic rings. The summed E-state index contributed by atoms with van der Waals surface area (Å²) in [5.41, 5.74) is 2.17. The van der Waals surface area contributed by atoms with Crippen molar-refractivity contribution in [2.45, 2.75) is 32.3 Å². The molecule has 84 valence electrons. The minimum absolute atomic E-state index is 0.373. The van der Waals surface area contributed by atoms with Gasteiger partial charge in [0.25, 0.3) is 0 Å². The molecule has 1 aromatic rings. The number of aromatic nitrogens is 2. The lowest BCUT2D eigenvalue weighted by molar-refractivity contribution is 0.0247. The molecule has 0 radical (unpaired) electrons. The summed E-state index contributed by atoms with van der Waals surface area (Å²) in [6.07, 6.45) is 6.06. The Hall–Kier alpha value is -1.03. The van der Waals surface area contributed by atoms with E-state index in [1.165, 1.54) is 19.3 Å². The van der Waals surface area contributed by atoms with Gasteiger partial charge in [-0.05, 0) is 26.2 Å². The maximum atomic E-state index is 5.66. The van der Waals surface area contributed by atoms with E-state index >= 15 is 0 Å². The molecule has 0 aromatic carbocycles. The second-order valence-electron chi connectivity index (χ2n) is 4.17. The van der Waals surface area contributed by atoms with Crippen LogP contribution in [0, 0.1) is 6.92 Å². The molecule has 4 heteroatoms. The molecule has 1 saturated heterocycles. The van der Waals surface area contributed by atoms with Gasteiger partial charge in [0.1, 0.15) is 0 Å². The lowest BCUT2D eigenvalue weighted by atomic mass is 10.1. The smallest absolute Gasteiger partial charge is 0.0824 e. The quantitative estimate of drug-likeness (QED) is 0.823. The Morgan fingerprint density at radius 2 is 2.47 bits per heavy atom. The first-order chi connectivity index (χ1) is 7.25. The zero-order valence-corrected chi connectivity index (χ0v) is 9.49. The topological polar surface area (TPSA) is 39.1 Å². The number of ether oxygens (including phenoxy) is 1. The van der Waals surface area contributed by atoms with Gasteiger partial charge in [0.05, 0.1) is 17.5 Å². The Bertz CT molecular complexity index is 316. The molecule has 1 atom stereocenters. The number of nitrogens with zero attached hydrogens (tertiary/aromatic N) is 2. The summed E-state index contributed by atoms with van der Waals surface area (Å²) < 4.78 is 7.49. The normalized spacial score (nSPS) is 21.6. The minimum atomic E-state index is 0.373. The lowest BCUT2D eigenvalue weighted by Gasteiger charge is -2.22. The number of hydrogen-bond acceptors (Lipinski definition) is 3. The molecule has 1 aromatic heterocycles. The monoisotopic (exact) mass is 209 g/mol. The zero-order chi connectivity index (χ0) is 10.7. The van der Waals surface area contributed by atoms with E-state index in [1.807, 2.05) is 24.9 Å². The van der Waals surface area contributed by atoms with Crippen molar-refractivity contribution in [1.82, 2.24) is 9.78 Å². The van der Waals surface area contributed by atoms with E-state index in [-0.39, 0.29) is 0 Å². The van der Waals surface area contributed by atoms with Gasteiger partial charge in [0.15, 0.2) is 0 Å². The summed E-state index contributed by atoms with van der Waals surface area (Å²) >= 11 is 0. The maximum absolute atomic E-state index is 5.66. The molecule has 1 aliphatic heterocycles. The first-order valence-corrected chi connectivity index (χ1v) is 5.61. The Labute approximate surface area is 90.6 Å². The molecule has 0 aliphatic carbocycles. The molecule has 0 amide bonds. The van der Waals surface area contributed by atoms with Crippen molar-refractivity contribution >= 4 is 5.69 Å². The van der Waals surface area contributed by atoms with Crippen LogP contribution in [-0.2, 0) is 11.8 Å². The third kappa shape index (κ3) is 2.72. The Balaban J connectivity index is 1.84. The predicted molar refractivity (Wildman–Crippen MR) is 60.0 cm³/mol. The van der Waals surface area contributed by atoms with E-state index in [0.29, 0.717) is 6.10 Å². The molecule has 1 N–H and O–H groups in total. The summed E-state index contributed by atoms with van der Waals surface area (Å²) in [6.45, 7) is 3.83. The van der Waals surface area contributed by atoms with Crippen molar-refractivity contribution in [2.24, 2.45) is 7.05 Å². The van der Waals surface area contributed by atoms with E-state index in [2.05, 4.69) is 10.4 Å². The van der Waals surface area contributed by atoms with Crippen LogP contribution in [0.4, 0.5) is 5.69 Å². The second-order valence-corrected chi connectivity index (χ2v) is 4.17. The van der Waals surface area contributed by atoms with Gasteiger partial charge in [-0.25, -0.2) is 0 Å². The maximum Gasteiger partial charge on any atom is 0.0824 e. The van der Waals surface area contributed by atoms with Crippen molar-refractivity contribution in [3.63, 3.8) is 0 Å². The van der Waals surface area contributed by atoms with Crippen molar-refractivity contribution in [2.75, 3.05) is 18.5 Å². The standard InChI is InChI=1S/C11H19N3O/c1-9-11(8-14(2)13-9)12-7-10-5-3-4-6-15-10/h8,10,12H,3-7H2,1-2H3. The average Bonchev–Trinajstić information content (AvgIpc) is 2.56. The van der Waals surface area contributed by atoms with Crippen LogP contribution in [0.1, 0.15) is 25.0 Å². The molecule has 0 bridgehead atoms. The molecule has 2 rings (SSSR count). The fourth-order valence-electron chi connectivity index (χ4n) is 1.97. The Kier molecular flexibility index (Phi) is 3.26. The van der Waals surface area contributed by atoms with Gasteiger partial charge in [-0.2, -0.15) is 5.10 Å². The van der Waals surface area contributed by atoms with Gasteiger partial charge in [0, 0.05) is 26.4 Å². The van der Waals surface area contributed by atoms with Crippen molar-refractivity contribution in [1.29, 1.82) is 0 Å². The Morgan fingerprint density at radius 3 is 3.07 bits per heavy atom. The van der Waals surface area contributed by atoms with E-state index in [1.54, 1.807) is 0 Å². The second kappa shape index (κ2) is 4.66. The van der Waals surface area contributed by atoms with Gasteiger partial charge in [-0.1, -0.05) is 0 Å². The molecule has 1 fully saturated rings. The van der Waals surface area contributed by atoms with Crippen LogP contribution >= 0.6 is 0 Å². The third-order valence-corrected chi connectivity index (χ3v) is 2.81. The zero-order valence-electron chi connectivity index (χ0n) is 9.49. The predicted octanol–water partition coefficient (Wildman–Crippen LogP) is 1.71. The van der Waals surface area contributed by atoms with Crippen LogP contribution in [0.5, 0.6) is 0 Å². The largest absolute Gasteiger partial charge is 0.380 e. The highest BCUT2D eigenvalue weighted by Gasteiger charge is 2.14. The molecule has 2 heterocycles. The Morgan fingerprint density at radius 1 is 1.60 bits per heavy atom. The highest BCUT2D eigenvalue weighted by atomic mass is 16.5. The number of anilines is 1. The highest BCUT2D eigenvalue weighted by Crippen LogP contribution is 2.15. The molecular weight excluding hydrogens is 190 g/mol. The van der Waals surface area contributed by atoms with E-state index in [9.17, 15) is 0 Å². The van der Waals surface area contributed by atoms with Crippen LogP contribution in [-0.4, -0.2) is 29.0 Å². The molecular formula is C11H19N3O. The van der Waals surface area contributed by atoms with E-state index in [4.69, 9.17) is 4.74 Å². The van der Waals surface area contributed by atoms with Crippen LogP contribution in [0.15, 0.2) is 6.20 Å². The average molecular weight is 209 g/mol. The fraction of sp³-hybridized carbons (Fsp3) is 0.727. The minimum Gasteiger partial charge on any atom is -0.380 e. The highest BCUT2D eigenvalue weighted by molar-refractivity contribution is 5.45. The van der Waals surface area contributed by atoms with Gasteiger partial charge in [0.2, 0.25) is 0 Å². The van der Waals surface area contributed by atoms with E-state index in [0.717, 1.165) is 24.5 Å². The van der Waals surface area contributed by atoms with Crippen molar-refractivity contribution in [3.8, 4) is 0 Å². The van der Waals surface area contributed by atoms with E-state index < -0.39 is 0 Å². The van der Waals surface area contributed by atoms with Gasteiger partial charge in [-0.15, -0.1) is 0 Å². The van der Waals surface area contributed by atoms with Crippen molar-refractivity contribution < 1.29 is 4.74 Å². The first-order valence-electron chi connectivity index (χ1n) is 5.61. The molecule has 0 spiro atoms. The molecule has 4 nitrogen and oxygen atoms in total. The number of rotatable bonds is 3. The molecule has 1 unspecified atom stereocenters.